The molecule has 4 rings (SSSR count). The molecule has 0 aliphatic heterocycles. The molecule has 0 saturated heterocycles. The number of fused-ring (bicyclic) bond motifs is 3. The number of carbonyl (C=O) groups is 3. The van der Waals surface area contributed by atoms with E-state index in [1.165, 1.54) is 10.9 Å². The fourth-order valence-electron chi connectivity index (χ4n) is 4.45. The minimum atomic E-state index is -1.18. The summed E-state index contributed by atoms with van der Waals surface area (Å²) >= 11 is 0. The van der Waals surface area contributed by atoms with Crippen LogP contribution < -0.4 is 10.6 Å². The van der Waals surface area contributed by atoms with Gasteiger partial charge in [-0.2, -0.15) is 5.10 Å². The number of nitrogens with one attached hydrogen (secondary N) is 2. The molecule has 2 amide bonds. The SMILES string of the molecule is CC(C)[C@@H](NC(=O)C(NC(=O)OCC1c2ccccc2-c2ccccc21)c1ccnn1C)C(=O)O. The lowest BCUT2D eigenvalue weighted by molar-refractivity contribution is -0.143. The zero-order valence-electron chi connectivity index (χ0n) is 19.8. The van der Waals surface area contributed by atoms with Crippen molar-refractivity contribution in [3.05, 3.63) is 77.6 Å². The van der Waals surface area contributed by atoms with Crippen LogP contribution in [-0.2, 0) is 21.4 Å². The molecule has 9 nitrogen and oxygen atoms in total. The van der Waals surface area contributed by atoms with E-state index in [-0.39, 0.29) is 18.4 Å². The van der Waals surface area contributed by atoms with Crippen molar-refractivity contribution in [1.82, 2.24) is 20.4 Å². The maximum absolute atomic E-state index is 13.1. The van der Waals surface area contributed by atoms with Gasteiger partial charge in [0.2, 0.25) is 5.91 Å². The Bertz CT molecular complexity index is 1210. The first kappa shape index (κ1) is 24.0. The zero-order valence-corrected chi connectivity index (χ0v) is 19.8. The number of carboxylic acid groups (broad SMARTS) is 1. The average molecular weight is 477 g/mol. The standard InChI is InChI=1S/C26H28N4O5/c1-15(2)22(25(32)33)28-24(31)23(21-12-13-27-30(21)3)29-26(34)35-14-20-18-10-6-4-8-16(18)17-9-5-7-11-19(17)20/h4-13,15,20,22-23H,14H2,1-3H3,(H,28,31)(H,29,34)(H,32,33)/t22-,23?/m1/s1. The van der Waals surface area contributed by atoms with E-state index in [4.69, 9.17) is 4.74 Å². The van der Waals surface area contributed by atoms with Crippen molar-refractivity contribution < 1.29 is 24.2 Å². The van der Waals surface area contributed by atoms with Crippen LogP contribution in [0.3, 0.4) is 0 Å². The van der Waals surface area contributed by atoms with E-state index in [0.29, 0.717) is 5.69 Å². The molecule has 0 radical (unpaired) electrons. The smallest absolute Gasteiger partial charge is 0.408 e. The molecule has 0 fully saturated rings. The first-order valence-corrected chi connectivity index (χ1v) is 11.4. The molecule has 3 aromatic rings. The molecule has 1 aliphatic rings. The average Bonchev–Trinajstić information content (AvgIpc) is 3.40. The number of hydrogen-bond acceptors (Lipinski definition) is 5. The van der Waals surface area contributed by atoms with Crippen LogP contribution in [0.4, 0.5) is 4.79 Å². The Kier molecular flexibility index (Phi) is 6.86. The topological polar surface area (TPSA) is 123 Å². The van der Waals surface area contributed by atoms with Gasteiger partial charge in [0.15, 0.2) is 6.04 Å². The van der Waals surface area contributed by atoms with E-state index in [9.17, 15) is 19.5 Å². The van der Waals surface area contributed by atoms with E-state index < -0.39 is 30.1 Å². The van der Waals surface area contributed by atoms with Gasteiger partial charge in [-0.15, -0.1) is 0 Å². The normalized spacial score (nSPS) is 14.1. The van der Waals surface area contributed by atoms with Gasteiger partial charge in [0.05, 0.1) is 5.69 Å². The summed E-state index contributed by atoms with van der Waals surface area (Å²) < 4.78 is 7.03. The Morgan fingerprint density at radius 3 is 2.11 bits per heavy atom. The number of rotatable bonds is 8. The highest BCUT2D eigenvalue weighted by Crippen LogP contribution is 2.44. The molecule has 1 heterocycles. The first-order valence-electron chi connectivity index (χ1n) is 11.4. The Hall–Kier alpha value is -4.14. The number of ether oxygens (including phenoxy) is 1. The summed E-state index contributed by atoms with van der Waals surface area (Å²) in [6.07, 6.45) is 0.705. The van der Waals surface area contributed by atoms with Gasteiger partial charge in [-0.25, -0.2) is 9.59 Å². The van der Waals surface area contributed by atoms with E-state index in [1.54, 1.807) is 27.0 Å². The second-order valence-corrected chi connectivity index (χ2v) is 8.85. The van der Waals surface area contributed by atoms with Crippen molar-refractivity contribution in [2.75, 3.05) is 6.61 Å². The molecule has 9 heteroatoms. The molecule has 0 spiro atoms. The van der Waals surface area contributed by atoms with Gasteiger partial charge in [0, 0.05) is 19.2 Å². The van der Waals surface area contributed by atoms with Crippen LogP contribution in [0, 0.1) is 5.92 Å². The first-order chi connectivity index (χ1) is 16.8. The fraction of sp³-hybridized carbons (Fsp3) is 0.308. The lowest BCUT2D eigenvalue weighted by Gasteiger charge is -2.23. The fourth-order valence-corrected chi connectivity index (χ4v) is 4.45. The maximum atomic E-state index is 13.1. The Labute approximate surface area is 203 Å². The van der Waals surface area contributed by atoms with E-state index in [2.05, 4.69) is 15.7 Å². The summed E-state index contributed by atoms with van der Waals surface area (Å²) in [4.78, 5) is 37.5. The maximum Gasteiger partial charge on any atom is 0.408 e. The van der Waals surface area contributed by atoms with Crippen molar-refractivity contribution in [2.24, 2.45) is 13.0 Å². The molecular weight excluding hydrogens is 448 g/mol. The summed E-state index contributed by atoms with van der Waals surface area (Å²) in [5.41, 5.74) is 4.76. The number of benzene rings is 2. The van der Waals surface area contributed by atoms with Crippen LogP contribution >= 0.6 is 0 Å². The van der Waals surface area contributed by atoms with E-state index >= 15 is 0 Å². The molecule has 2 atom stereocenters. The van der Waals surface area contributed by atoms with E-state index in [0.717, 1.165) is 22.3 Å². The van der Waals surface area contributed by atoms with Crippen molar-refractivity contribution in [2.45, 2.75) is 31.8 Å². The highest BCUT2D eigenvalue weighted by Gasteiger charge is 2.33. The van der Waals surface area contributed by atoms with Gasteiger partial charge < -0.3 is 20.5 Å². The molecule has 1 aliphatic carbocycles. The molecule has 2 aromatic carbocycles. The van der Waals surface area contributed by atoms with Crippen molar-refractivity contribution in [1.29, 1.82) is 0 Å². The van der Waals surface area contributed by atoms with Gasteiger partial charge in [0.25, 0.3) is 0 Å². The molecule has 182 valence electrons. The summed E-state index contributed by atoms with van der Waals surface area (Å²) in [5, 5.41) is 18.6. The largest absolute Gasteiger partial charge is 0.480 e. The Morgan fingerprint density at radius 2 is 1.60 bits per heavy atom. The molecule has 3 N–H and O–H groups in total. The summed E-state index contributed by atoms with van der Waals surface area (Å²) in [7, 11) is 1.63. The van der Waals surface area contributed by atoms with Gasteiger partial charge in [-0.1, -0.05) is 62.4 Å². The van der Waals surface area contributed by atoms with Crippen molar-refractivity contribution in [3.8, 4) is 11.1 Å². The third-order valence-electron chi connectivity index (χ3n) is 6.25. The highest BCUT2D eigenvalue weighted by atomic mass is 16.5. The van der Waals surface area contributed by atoms with E-state index in [1.807, 2.05) is 48.5 Å². The summed E-state index contributed by atoms with van der Waals surface area (Å²) in [6, 6.07) is 15.3. The molecule has 1 unspecified atom stereocenters. The van der Waals surface area contributed by atoms with Gasteiger partial charge >= 0.3 is 12.1 Å². The van der Waals surface area contributed by atoms with Crippen LogP contribution in [0.5, 0.6) is 0 Å². The monoisotopic (exact) mass is 476 g/mol. The summed E-state index contributed by atoms with van der Waals surface area (Å²) in [6.45, 7) is 3.47. The molecule has 1 aromatic heterocycles. The number of amides is 2. The van der Waals surface area contributed by atoms with Crippen LogP contribution in [0.1, 0.15) is 42.6 Å². The third-order valence-corrected chi connectivity index (χ3v) is 6.25. The highest BCUT2D eigenvalue weighted by molar-refractivity contribution is 5.90. The molecular formula is C26H28N4O5. The second kappa shape index (κ2) is 10.0. The second-order valence-electron chi connectivity index (χ2n) is 8.85. The van der Waals surface area contributed by atoms with Gasteiger partial charge in [-0.05, 0) is 34.2 Å². The quantitative estimate of drug-likeness (QED) is 0.459. The Balaban J connectivity index is 1.50. The number of aliphatic carboxylic acids is 1. The Morgan fingerprint density at radius 1 is 1.00 bits per heavy atom. The lowest BCUT2D eigenvalue weighted by atomic mass is 9.98. The number of aromatic nitrogens is 2. The third kappa shape index (κ3) is 4.89. The van der Waals surface area contributed by atoms with Crippen molar-refractivity contribution in [3.63, 3.8) is 0 Å². The number of carbonyl (C=O) groups excluding carboxylic acids is 2. The van der Waals surface area contributed by atoms with Crippen LogP contribution in [0.2, 0.25) is 0 Å². The number of aryl methyl sites for hydroxylation is 1. The number of alkyl carbamates (subject to hydrolysis) is 1. The number of nitrogens with zero attached hydrogens (tertiary/aromatic N) is 2. The molecule has 0 bridgehead atoms. The predicted molar refractivity (Wildman–Crippen MR) is 129 cm³/mol. The predicted octanol–water partition coefficient (Wildman–Crippen LogP) is 3.23. The van der Waals surface area contributed by atoms with Crippen LogP contribution in [0.15, 0.2) is 60.8 Å². The number of hydrogen-bond donors (Lipinski definition) is 3. The van der Waals surface area contributed by atoms with Crippen molar-refractivity contribution >= 4 is 18.0 Å². The minimum absolute atomic E-state index is 0.0866. The summed E-state index contributed by atoms with van der Waals surface area (Å²) in [5.74, 6) is -2.30. The van der Waals surface area contributed by atoms with Gasteiger partial charge in [0.1, 0.15) is 12.6 Å². The lowest BCUT2D eigenvalue weighted by Crippen LogP contribution is -2.49. The zero-order chi connectivity index (χ0) is 25.1. The van der Waals surface area contributed by atoms with Gasteiger partial charge in [-0.3, -0.25) is 9.48 Å². The van der Waals surface area contributed by atoms with Crippen LogP contribution in [0.25, 0.3) is 11.1 Å². The minimum Gasteiger partial charge on any atom is -0.480 e. The molecule has 0 saturated carbocycles. The molecule has 35 heavy (non-hydrogen) atoms. The number of carboxylic acids is 1. The van der Waals surface area contributed by atoms with Crippen LogP contribution in [-0.4, -0.2) is 45.5 Å².